The zero-order chi connectivity index (χ0) is 7.78. The van der Waals surface area contributed by atoms with Crippen LogP contribution in [-0.2, 0) is 9.84 Å². The molecule has 4 heteroatoms. The zero-order valence-electron chi connectivity index (χ0n) is 6.29. The Morgan fingerprint density at radius 2 is 2.20 bits per heavy atom. The van der Waals surface area contributed by atoms with Gasteiger partial charge < -0.3 is 5.32 Å². The molecule has 2 atom stereocenters. The Morgan fingerprint density at radius 1 is 1.60 bits per heavy atom. The van der Waals surface area contributed by atoms with Crippen molar-refractivity contribution in [2.24, 2.45) is 5.92 Å². The van der Waals surface area contributed by atoms with E-state index in [1.54, 1.807) is 0 Å². The van der Waals surface area contributed by atoms with Crippen molar-refractivity contribution in [3.63, 3.8) is 0 Å². The van der Waals surface area contributed by atoms with Gasteiger partial charge in [-0.05, 0) is 6.92 Å². The maximum absolute atomic E-state index is 10.8. The summed E-state index contributed by atoms with van der Waals surface area (Å²) in [4.78, 5) is 0. The van der Waals surface area contributed by atoms with Gasteiger partial charge in [0.15, 0.2) is 0 Å². The van der Waals surface area contributed by atoms with Gasteiger partial charge in [-0.15, -0.1) is 0 Å². The first-order valence-corrected chi connectivity index (χ1v) is 5.46. The van der Waals surface area contributed by atoms with E-state index in [0.717, 1.165) is 6.54 Å². The van der Waals surface area contributed by atoms with Crippen LogP contribution in [0.5, 0.6) is 0 Å². The standard InChI is InChI=1S/C6H13NO2S/c1-5-6(3-7-5)4-10(2,8)9/h5-7H,3-4H2,1-2H3/t5-,6+/m0/s1. The maximum Gasteiger partial charge on any atom is 0.147 e. The van der Waals surface area contributed by atoms with Crippen molar-refractivity contribution >= 4 is 9.84 Å². The molecule has 0 aromatic carbocycles. The number of nitrogens with one attached hydrogen (secondary N) is 1. The molecular formula is C6H13NO2S. The van der Waals surface area contributed by atoms with Gasteiger partial charge in [0.1, 0.15) is 9.84 Å². The van der Waals surface area contributed by atoms with E-state index in [2.05, 4.69) is 5.32 Å². The summed E-state index contributed by atoms with van der Waals surface area (Å²) in [5, 5.41) is 3.12. The van der Waals surface area contributed by atoms with E-state index in [1.807, 2.05) is 6.92 Å². The van der Waals surface area contributed by atoms with Crippen LogP contribution in [0.3, 0.4) is 0 Å². The molecule has 1 aliphatic rings. The Kier molecular flexibility index (Phi) is 2.01. The monoisotopic (exact) mass is 163 g/mol. The number of hydrogen-bond donors (Lipinski definition) is 1. The Balaban J connectivity index is 2.40. The molecule has 0 radical (unpaired) electrons. The molecule has 0 saturated carbocycles. The molecule has 60 valence electrons. The summed E-state index contributed by atoms with van der Waals surface area (Å²) in [5.74, 6) is 0.677. The van der Waals surface area contributed by atoms with Gasteiger partial charge in [-0.25, -0.2) is 8.42 Å². The molecule has 1 saturated heterocycles. The van der Waals surface area contributed by atoms with Crippen molar-refractivity contribution in [1.29, 1.82) is 0 Å². The van der Waals surface area contributed by atoms with Crippen LogP contribution in [0.2, 0.25) is 0 Å². The summed E-state index contributed by atoms with van der Waals surface area (Å²) < 4.78 is 21.5. The first-order chi connectivity index (χ1) is 4.49. The predicted octanol–water partition coefficient (Wildman–Crippen LogP) is -0.361. The van der Waals surface area contributed by atoms with Crippen LogP contribution in [-0.4, -0.2) is 33.0 Å². The van der Waals surface area contributed by atoms with Gasteiger partial charge in [0.25, 0.3) is 0 Å². The second-order valence-corrected chi connectivity index (χ2v) is 5.23. The van der Waals surface area contributed by atoms with Gasteiger partial charge in [0.05, 0.1) is 5.75 Å². The lowest BCUT2D eigenvalue weighted by molar-refractivity contribution is 0.276. The molecule has 1 rings (SSSR count). The molecule has 1 aliphatic heterocycles. The van der Waals surface area contributed by atoms with E-state index in [1.165, 1.54) is 6.26 Å². The third-order valence-electron chi connectivity index (χ3n) is 1.93. The van der Waals surface area contributed by atoms with Gasteiger partial charge in [-0.3, -0.25) is 0 Å². The van der Waals surface area contributed by atoms with Crippen LogP contribution in [0.4, 0.5) is 0 Å². The summed E-state index contributed by atoms with van der Waals surface area (Å²) in [6, 6.07) is 0.384. The molecule has 3 nitrogen and oxygen atoms in total. The van der Waals surface area contributed by atoms with Crippen LogP contribution in [0.15, 0.2) is 0 Å². The van der Waals surface area contributed by atoms with Gasteiger partial charge in [0, 0.05) is 24.8 Å². The van der Waals surface area contributed by atoms with Gasteiger partial charge in [-0.2, -0.15) is 0 Å². The summed E-state index contributed by atoms with van der Waals surface area (Å²) in [7, 11) is -2.76. The predicted molar refractivity (Wildman–Crippen MR) is 40.7 cm³/mol. The number of hydrogen-bond acceptors (Lipinski definition) is 3. The normalized spacial score (nSPS) is 33.4. The quantitative estimate of drug-likeness (QED) is 0.604. The molecule has 1 heterocycles. The average molecular weight is 163 g/mol. The molecule has 0 bridgehead atoms. The van der Waals surface area contributed by atoms with Crippen LogP contribution < -0.4 is 5.32 Å². The van der Waals surface area contributed by atoms with Crippen molar-refractivity contribution in [3.8, 4) is 0 Å². The second kappa shape index (κ2) is 2.51. The van der Waals surface area contributed by atoms with Crippen molar-refractivity contribution in [1.82, 2.24) is 5.32 Å². The van der Waals surface area contributed by atoms with Crippen molar-refractivity contribution < 1.29 is 8.42 Å². The first kappa shape index (κ1) is 8.01. The van der Waals surface area contributed by atoms with Gasteiger partial charge in [-0.1, -0.05) is 0 Å². The van der Waals surface area contributed by atoms with Crippen LogP contribution in [0.25, 0.3) is 0 Å². The lowest BCUT2D eigenvalue weighted by atomic mass is 9.96. The highest BCUT2D eigenvalue weighted by Crippen LogP contribution is 2.13. The SMILES string of the molecule is C[C@@H]1NC[C@@H]1CS(C)(=O)=O. The fraction of sp³-hybridized carbons (Fsp3) is 1.00. The molecule has 0 aliphatic carbocycles. The van der Waals surface area contributed by atoms with Gasteiger partial charge >= 0.3 is 0 Å². The van der Waals surface area contributed by atoms with Crippen LogP contribution in [0.1, 0.15) is 6.92 Å². The van der Waals surface area contributed by atoms with Gasteiger partial charge in [0.2, 0.25) is 0 Å². The molecule has 0 amide bonds. The maximum atomic E-state index is 10.8. The molecule has 1 N–H and O–H groups in total. The minimum absolute atomic E-state index is 0.334. The molecule has 0 spiro atoms. The summed E-state index contributed by atoms with van der Waals surface area (Å²) in [6.45, 7) is 2.87. The van der Waals surface area contributed by atoms with E-state index in [-0.39, 0.29) is 0 Å². The highest BCUT2D eigenvalue weighted by Gasteiger charge is 2.28. The Bertz CT molecular complexity index is 210. The minimum Gasteiger partial charge on any atom is -0.314 e. The summed E-state index contributed by atoms with van der Waals surface area (Å²) in [6.07, 6.45) is 1.29. The van der Waals surface area contributed by atoms with E-state index >= 15 is 0 Å². The highest BCUT2D eigenvalue weighted by atomic mass is 32.2. The molecule has 0 unspecified atom stereocenters. The van der Waals surface area contributed by atoms with E-state index in [0.29, 0.717) is 17.7 Å². The Hall–Kier alpha value is -0.0900. The summed E-state index contributed by atoms with van der Waals surface area (Å²) >= 11 is 0. The molecule has 1 fully saturated rings. The largest absolute Gasteiger partial charge is 0.314 e. The van der Waals surface area contributed by atoms with Crippen LogP contribution >= 0.6 is 0 Å². The van der Waals surface area contributed by atoms with E-state index < -0.39 is 9.84 Å². The van der Waals surface area contributed by atoms with Crippen molar-refractivity contribution in [2.45, 2.75) is 13.0 Å². The Labute approximate surface area is 61.7 Å². The topological polar surface area (TPSA) is 46.2 Å². The van der Waals surface area contributed by atoms with Crippen molar-refractivity contribution in [2.75, 3.05) is 18.6 Å². The minimum atomic E-state index is -2.76. The molecule has 0 aromatic rings. The van der Waals surface area contributed by atoms with E-state index in [9.17, 15) is 8.42 Å². The number of rotatable bonds is 2. The highest BCUT2D eigenvalue weighted by molar-refractivity contribution is 7.90. The average Bonchev–Trinajstić information content (AvgIpc) is 1.78. The smallest absolute Gasteiger partial charge is 0.147 e. The fourth-order valence-corrected chi connectivity index (χ4v) is 2.30. The lowest BCUT2D eigenvalue weighted by Gasteiger charge is -2.34. The molecule has 10 heavy (non-hydrogen) atoms. The van der Waals surface area contributed by atoms with E-state index in [4.69, 9.17) is 0 Å². The molecule has 0 aromatic heterocycles. The fourth-order valence-electron chi connectivity index (χ4n) is 1.11. The zero-order valence-corrected chi connectivity index (χ0v) is 7.11. The summed E-state index contributed by atoms with van der Waals surface area (Å²) in [5.41, 5.74) is 0. The number of sulfone groups is 1. The molecular weight excluding hydrogens is 150 g/mol. The third kappa shape index (κ3) is 1.95. The lowest BCUT2D eigenvalue weighted by Crippen LogP contribution is -2.53. The first-order valence-electron chi connectivity index (χ1n) is 3.40. The second-order valence-electron chi connectivity index (χ2n) is 3.05. The third-order valence-corrected chi connectivity index (χ3v) is 2.96. The Morgan fingerprint density at radius 3 is 2.30 bits per heavy atom. The van der Waals surface area contributed by atoms with Crippen molar-refractivity contribution in [3.05, 3.63) is 0 Å². The van der Waals surface area contributed by atoms with Crippen LogP contribution in [0, 0.1) is 5.92 Å².